The van der Waals surface area contributed by atoms with Gasteiger partial charge in [0, 0.05) is 16.5 Å². The molecule has 16 heavy (non-hydrogen) atoms. The van der Waals surface area contributed by atoms with Crippen molar-refractivity contribution in [2.75, 3.05) is 0 Å². The molecule has 0 aliphatic carbocycles. The molecule has 0 aliphatic rings. The normalized spacial score (nSPS) is 10.6. The average Bonchev–Trinajstić information content (AvgIpc) is 2.22. The predicted molar refractivity (Wildman–Crippen MR) is 60.1 cm³/mol. The smallest absolute Gasteiger partial charge is 0.354 e. The number of aryl methyl sites for hydroxylation is 1. The first-order valence-electron chi connectivity index (χ1n) is 4.53. The molecule has 0 unspecified atom stereocenters. The van der Waals surface area contributed by atoms with E-state index in [-0.39, 0.29) is 11.4 Å². The van der Waals surface area contributed by atoms with E-state index in [2.05, 4.69) is 4.98 Å². The highest BCUT2D eigenvalue weighted by Crippen LogP contribution is 2.31. The highest BCUT2D eigenvalue weighted by Gasteiger charge is 2.13. The second kappa shape index (κ2) is 3.64. The number of nitrogens with zero attached hydrogens (tertiary/aromatic N) is 1. The van der Waals surface area contributed by atoms with Crippen LogP contribution in [0.5, 0.6) is 5.75 Å². The maximum Gasteiger partial charge on any atom is 0.354 e. The van der Waals surface area contributed by atoms with Crippen LogP contribution >= 0.6 is 11.6 Å². The SMILES string of the molecule is Cc1c(Cl)ccc2nc(C(=O)O)cc(O)c12. The zero-order valence-electron chi connectivity index (χ0n) is 8.36. The molecule has 0 saturated carbocycles. The molecule has 0 aliphatic heterocycles. The van der Waals surface area contributed by atoms with E-state index in [0.29, 0.717) is 21.5 Å². The Hall–Kier alpha value is -1.81. The van der Waals surface area contributed by atoms with Crippen LogP contribution in [0.2, 0.25) is 5.02 Å². The summed E-state index contributed by atoms with van der Waals surface area (Å²) in [5.41, 5.74) is 0.909. The topological polar surface area (TPSA) is 70.4 Å². The number of carboxylic acid groups (broad SMARTS) is 1. The van der Waals surface area contributed by atoms with Crippen LogP contribution in [0, 0.1) is 6.92 Å². The fourth-order valence-electron chi connectivity index (χ4n) is 1.56. The fraction of sp³-hybridized carbons (Fsp3) is 0.0909. The summed E-state index contributed by atoms with van der Waals surface area (Å²) >= 11 is 5.91. The minimum absolute atomic E-state index is 0.123. The van der Waals surface area contributed by atoms with Crippen LogP contribution in [0.15, 0.2) is 18.2 Å². The van der Waals surface area contributed by atoms with Gasteiger partial charge >= 0.3 is 5.97 Å². The lowest BCUT2D eigenvalue weighted by Crippen LogP contribution is -2.00. The Morgan fingerprint density at radius 3 is 2.75 bits per heavy atom. The van der Waals surface area contributed by atoms with E-state index in [1.54, 1.807) is 19.1 Å². The lowest BCUT2D eigenvalue weighted by molar-refractivity contribution is 0.0690. The number of carboxylic acids is 1. The molecule has 0 amide bonds. The Morgan fingerprint density at radius 1 is 1.44 bits per heavy atom. The number of fused-ring (bicyclic) bond motifs is 1. The lowest BCUT2D eigenvalue weighted by atomic mass is 10.1. The Bertz CT molecular complexity index is 595. The summed E-state index contributed by atoms with van der Waals surface area (Å²) in [6.07, 6.45) is 0. The number of rotatable bonds is 1. The van der Waals surface area contributed by atoms with Gasteiger partial charge in [0.25, 0.3) is 0 Å². The molecule has 0 radical (unpaired) electrons. The van der Waals surface area contributed by atoms with Crippen LogP contribution < -0.4 is 0 Å². The lowest BCUT2D eigenvalue weighted by Gasteiger charge is -2.06. The highest BCUT2D eigenvalue weighted by atomic mass is 35.5. The first-order valence-corrected chi connectivity index (χ1v) is 4.90. The van der Waals surface area contributed by atoms with Crippen molar-refractivity contribution in [2.45, 2.75) is 6.92 Å². The zero-order valence-corrected chi connectivity index (χ0v) is 9.12. The summed E-state index contributed by atoms with van der Waals surface area (Å²) in [7, 11) is 0. The second-order valence-corrected chi connectivity index (χ2v) is 3.81. The fourth-order valence-corrected chi connectivity index (χ4v) is 1.72. The van der Waals surface area contributed by atoms with Gasteiger partial charge in [0.15, 0.2) is 5.69 Å². The molecule has 0 atom stereocenters. The number of carbonyl (C=O) groups is 1. The van der Waals surface area contributed by atoms with Crippen LogP contribution in [0.25, 0.3) is 10.9 Å². The molecule has 2 N–H and O–H groups in total. The van der Waals surface area contributed by atoms with E-state index in [0.717, 1.165) is 6.07 Å². The van der Waals surface area contributed by atoms with Crippen molar-refractivity contribution in [3.05, 3.63) is 34.5 Å². The molecule has 0 bridgehead atoms. The molecule has 0 saturated heterocycles. The van der Waals surface area contributed by atoms with E-state index in [9.17, 15) is 9.90 Å². The average molecular weight is 238 g/mol. The Labute approximate surface area is 96.1 Å². The Morgan fingerprint density at radius 2 is 2.12 bits per heavy atom. The van der Waals surface area contributed by atoms with Crippen molar-refractivity contribution >= 4 is 28.5 Å². The van der Waals surface area contributed by atoms with Gasteiger partial charge in [-0.05, 0) is 24.6 Å². The first-order chi connectivity index (χ1) is 7.50. The van der Waals surface area contributed by atoms with Crippen molar-refractivity contribution in [1.29, 1.82) is 0 Å². The van der Waals surface area contributed by atoms with Gasteiger partial charge < -0.3 is 10.2 Å². The molecule has 1 heterocycles. The second-order valence-electron chi connectivity index (χ2n) is 3.40. The highest BCUT2D eigenvalue weighted by molar-refractivity contribution is 6.32. The van der Waals surface area contributed by atoms with Crippen LogP contribution in [0.1, 0.15) is 16.1 Å². The van der Waals surface area contributed by atoms with Gasteiger partial charge in [0.05, 0.1) is 5.52 Å². The van der Waals surface area contributed by atoms with Crippen LogP contribution in [-0.2, 0) is 0 Å². The molecule has 4 nitrogen and oxygen atoms in total. The zero-order chi connectivity index (χ0) is 11.9. The maximum absolute atomic E-state index is 10.7. The Kier molecular flexibility index (Phi) is 2.44. The summed E-state index contributed by atoms with van der Waals surface area (Å²) in [6, 6.07) is 4.32. The maximum atomic E-state index is 10.7. The number of aromatic nitrogens is 1. The number of halogens is 1. The van der Waals surface area contributed by atoms with Gasteiger partial charge in [-0.15, -0.1) is 0 Å². The summed E-state index contributed by atoms with van der Waals surface area (Å²) in [6.45, 7) is 1.74. The molecule has 2 aromatic rings. The van der Waals surface area contributed by atoms with Gasteiger partial charge in [-0.3, -0.25) is 0 Å². The molecule has 1 aromatic carbocycles. The molecular formula is C11H8ClNO3. The molecular weight excluding hydrogens is 230 g/mol. The minimum atomic E-state index is -1.18. The number of hydrogen-bond acceptors (Lipinski definition) is 3. The summed E-state index contributed by atoms with van der Waals surface area (Å²) in [4.78, 5) is 14.7. The molecule has 5 heteroatoms. The van der Waals surface area contributed by atoms with Crippen LogP contribution in [-0.4, -0.2) is 21.2 Å². The third-order valence-electron chi connectivity index (χ3n) is 2.37. The number of hydrogen-bond donors (Lipinski definition) is 2. The van der Waals surface area contributed by atoms with Gasteiger partial charge in [0.1, 0.15) is 5.75 Å². The monoisotopic (exact) mass is 237 g/mol. The van der Waals surface area contributed by atoms with E-state index in [4.69, 9.17) is 16.7 Å². The third-order valence-corrected chi connectivity index (χ3v) is 2.78. The molecule has 0 fully saturated rings. The van der Waals surface area contributed by atoms with Crippen molar-refractivity contribution in [3.8, 4) is 5.75 Å². The van der Waals surface area contributed by atoms with Crippen molar-refractivity contribution < 1.29 is 15.0 Å². The molecule has 82 valence electrons. The quantitative estimate of drug-likeness (QED) is 0.800. The third kappa shape index (κ3) is 1.57. The number of pyridine rings is 1. The first kappa shape index (κ1) is 10.7. The van der Waals surface area contributed by atoms with Gasteiger partial charge in [-0.2, -0.15) is 0 Å². The number of aromatic carboxylic acids is 1. The van der Waals surface area contributed by atoms with E-state index in [1.807, 2.05) is 0 Å². The van der Waals surface area contributed by atoms with Crippen LogP contribution in [0.4, 0.5) is 0 Å². The van der Waals surface area contributed by atoms with E-state index < -0.39 is 5.97 Å². The summed E-state index contributed by atoms with van der Waals surface area (Å²) in [5, 5.41) is 19.5. The molecule has 2 rings (SSSR count). The molecule has 1 aromatic heterocycles. The predicted octanol–water partition coefficient (Wildman–Crippen LogP) is 2.60. The standard InChI is InChI=1S/C11H8ClNO3/c1-5-6(12)2-3-7-10(5)9(14)4-8(13-7)11(15)16/h2-4H,1H3,(H,13,14)(H,15,16). The Balaban J connectivity index is 2.86. The van der Waals surface area contributed by atoms with Crippen molar-refractivity contribution in [2.24, 2.45) is 0 Å². The van der Waals surface area contributed by atoms with Gasteiger partial charge in [-0.25, -0.2) is 9.78 Å². The largest absolute Gasteiger partial charge is 0.507 e. The van der Waals surface area contributed by atoms with E-state index >= 15 is 0 Å². The summed E-state index contributed by atoms with van der Waals surface area (Å²) in [5.74, 6) is -1.30. The van der Waals surface area contributed by atoms with Crippen LogP contribution in [0.3, 0.4) is 0 Å². The summed E-state index contributed by atoms with van der Waals surface area (Å²) < 4.78 is 0. The van der Waals surface area contributed by atoms with E-state index in [1.165, 1.54) is 0 Å². The van der Waals surface area contributed by atoms with Crippen molar-refractivity contribution in [1.82, 2.24) is 4.98 Å². The number of benzene rings is 1. The van der Waals surface area contributed by atoms with Crippen molar-refractivity contribution in [3.63, 3.8) is 0 Å². The van der Waals surface area contributed by atoms with Gasteiger partial charge in [-0.1, -0.05) is 11.6 Å². The minimum Gasteiger partial charge on any atom is -0.507 e. The molecule has 0 spiro atoms. The number of aromatic hydroxyl groups is 1. The van der Waals surface area contributed by atoms with Gasteiger partial charge in [0.2, 0.25) is 0 Å².